The summed E-state index contributed by atoms with van der Waals surface area (Å²) < 4.78 is 0. The average Bonchev–Trinajstić information content (AvgIpc) is 2.89. The molecule has 1 fully saturated rings. The summed E-state index contributed by atoms with van der Waals surface area (Å²) >= 11 is 1.51. The third-order valence-corrected chi connectivity index (χ3v) is 4.65. The Labute approximate surface area is 124 Å². The lowest BCUT2D eigenvalue weighted by molar-refractivity contribution is 0.0697. The van der Waals surface area contributed by atoms with Crippen LogP contribution in [0.3, 0.4) is 0 Å². The Morgan fingerprint density at radius 2 is 2.20 bits per heavy atom. The Kier molecular flexibility index (Phi) is 6.01. The Morgan fingerprint density at radius 3 is 2.85 bits per heavy atom. The molecule has 4 nitrogen and oxygen atoms in total. The fourth-order valence-corrected chi connectivity index (χ4v) is 3.50. The van der Waals surface area contributed by atoms with E-state index in [2.05, 4.69) is 17.1 Å². The van der Waals surface area contributed by atoms with E-state index in [-0.39, 0.29) is 0 Å². The van der Waals surface area contributed by atoms with Gasteiger partial charge in [-0.05, 0) is 44.5 Å². The number of rotatable bonds is 7. The molecule has 112 valence electrons. The summed E-state index contributed by atoms with van der Waals surface area (Å²) in [5, 5.41) is 14.0. The number of likely N-dealkylation sites (tertiary alicyclic amines) is 1. The van der Waals surface area contributed by atoms with Crippen molar-refractivity contribution in [3.63, 3.8) is 0 Å². The van der Waals surface area contributed by atoms with Crippen LogP contribution < -0.4 is 5.32 Å². The first-order valence-electron chi connectivity index (χ1n) is 7.39. The van der Waals surface area contributed by atoms with E-state index in [1.807, 2.05) is 0 Å². The van der Waals surface area contributed by atoms with Gasteiger partial charge in [-0.2, -0.15) is 0 Å². The van der Waals surface area contributed by atoms with Crippen LogP contribution in [0, 0.1) is 5.92 Å². The van der Waals surface area contributed by atoms with Crippen LogP contribution in [0.1, 0.15) is 41.4 Å². The first kappa shape index (κ1) is 15.5. The van der Waals surface area contributed by atoms with Gasteiger partial charge in [0.05, 0.1) is 5.56 Å². The molecule has 0 spiro atoms. The van der Waals surface area contributed by atoms with Crippen molar-refractivity contribution in [1.82, 2.24) is 10.2 Å². The minimum atomic E-state index is -0.842. The summed E-state index contributed by atoms with van der Waals surface area (Å²) in [7, 11) is 0. The lowest BCUT2D eigenvalue weighted by Gasteiger charge is -2.29. The van der Waals surface area contributed by atoms with Gasteiger partial charge in [-0.15, -0.1) is 11.3 Å². The molecule has 0 aliphatic carbocycles. The summed E-state index contributed by atoms with van der Waals surface area (Å²) in [5.41, 5.74) is 0.396. The molecule has 1 aromatic heterocycles. The van der Waals surface area contributed by atoms with Crippen molar-refractivity contribution in [2.45, 2.75) is 32.7 Å². The average molecular weight is 296 g/mol. The molecule has 1 saturated heterocycles. The van der Waals surface area contributed by atoms with Gasteiger partial charge in [-0.1, -0.05) is 13.3 Å². The highest BCUT2D eigenvalue weighted by Crippen LogP contribution is 2.15. The molecule has 1 unspecified atom stereocenters. The van der Waals surface area contributed by atoms with Crippen molar-refractivity contribution in [3.8, 4) is 0 Å². The van der Waals surface area contributed by atoms with Crippen LogP contribution in [0.15, 0.2) is 11.4 Å². The van der Waals surface area contributed by atoms with Gasteiger partial charge in [-0.25, -0.2) is 4.79 Å². The van der Waals surface area contributed by atoms with Crippen LogP contribution >= 0.6 is 11.3 Å². The number of nitrogens with zero attached hydrogens (tertiary/aromatic N) is 1. The van der Waals surface area contributed by atoms with Gasteiger partial charge in [0.15, 0.2) is 0 Å². The molecular weight excluding hydrogens is 272 g/mol. The fourth-order valence-electron chi connectivity index (χ4n) is 2.67. The molecule has 0 saturated carbocycles. The molecular formula is C15H24N2O2S. The van der Waals surface area contributed by atoms with E-state index in [0.29, 0.717) is 11.5 Å². The summed E-state index contributed by atoms with van der Waals surface area (Å²) in [6, 6.07) is 1.76. The summed E-state index contributed by atoms with van der Waals surface area (Å²) in [4.78, 5) is 14.4. The number of thiophene rings is 1. The molecule has 0 radical (unpaired) electrons. The molecule has 0 aromatic carbocycles. The van der Waals surface area contributed by atoms with Crippen molar-refractivity contribution in [1.29, 1.82) is 0 Å². The van der Waals surface area contributed by atoms with E-state index in [9.17, 15) is 4.79 Å². The second-order valence-corrected chi connectivity index (χ2v) is 6.70. The number of piperidine rings is 1. The summed E-state index contributed by atoms with van der Waals surface area (Å²) in [5.74, 6) is -0.210. The Balaban J connectivity index is 1.65. The molecule has 2 N–H and O–H groups in total. The van der Waals surface area contributed by atoms with Gasteiger partial charge in [0.25, 0.3) is 0 Å². The standard InChI is InChI=1S/C15H24N2O2S/c1-12(10-17-5-3-2-4-6-17)8-16-9-14-7-13(11-20-14)15(18)19/h7,11-12,16H,2-6,8-10H2,1H3,(H,18,19). The van der Waals surface area contributed by atoms with Crippen molar-refractivity contribution < 1.29 is 9.90 Å². The number of nitrogens with one attached hydrogen (secondary N) is 1. The van der Waals surface area contributed by atoms with E-state index >= 15 is 0 Å². The molecule has 1 aliphatic heterocycles. The number of carboxylic acid groups (broad SMARTS) is 1. The van der Waals surface area contributed by atoms with Gasteiger partial charge in [0, 0.05) is 23.3 Å². The number of hydrogen-bond acceptors (Lipinski definition) is 4. The van der Waals surface area contributed by atoms with E-state index in [1.54, 1.807) is 11.4 Å². The van der Waals surface area contributed by atoms with Crippen molar-refractivity contribution >= 4 is 17.3 Å². The second kappa shape index (κ2) is 7.76. The molecule has 2 heterocycles. The van der Waals surface area contributed by atoms with E-state index in [0.717, 1.165) is 24.5 Å². The minimum Gasteiger partial charge on any atom is -0.478 e. The molecule has 0 amide bonds. The lowest BCUT2D eigenvalue weighted by atomic mass is 10.1. The van der Waals surface area contributed by atoms with Crippen LogP contribution in [0.2, 0.25) is 0 Å². The number of carboxylic acids is 1. The third kappa shape index (κ3) is 4.89. The number of hydrogen-bond donors (Lipinski definition) is 2. The maximum Gasteiger partial charge on any atom is 0.336 e. The quantitative estimate of drug-likeness (QED) is 0.812. The van der Waals surface area contributed by atoms with Crippen LogP contribution in [0.25, 0.3) is 0 Å². The number of aromatic carboxylic acids is 1. The van der Waals surface area contributed by atoms with Crippen LogP contribution in [-0.2, 0) is 6.54 Å². The topological polar surface area (TPSA) is 52.6 Å². The summed E-state index contributed by atoms with van der Waals surface area (Å²) in [6.45, 7) is 7.68. The summed E-state index contributed by atoms with van der Waals surface area (Å²) in [6.07, 6.45) is 4.06. The van der Waals surface area contributed by atoms with E-state index < -0.39 is 5.97 Å². The molecule has 0 bridgehead atoms. The smallest absolute Gasteiger partial charge is 0.336 e. The SMILES string of the molecule is CC(CNCc1cc(C(=O)O)cs1)CN1CCCCC1. The van der Waals surface area contributed by atoms with E-state index in [1.165, 1.54) is 43.7 Å². The lowest BCUT2D eigenvalue weighted by Crippen LogP contribution is -2.36. The predicted molar refractivity (Wildman–Crippen MR) is 82.4 cm³/mol. The third-order valence-electron chi connectivity index (χ3n) is 3.71. The highest BCUT2D eigenvalue weighted by atomic mass is 32.1. The maximum atomic E-state index is 10.8. The Hall–Kier alpha value is -0.910. The molecule has 5 heteroatoms. The zero-order valence-electron chi connectivity index (χ0n) is 12.1. The highest BCUT2D eigenvalue weighted by Gasteiger charge is 2.13. The Bertz CT molecular complexity index is 427. The zero-order valence-corrected chi connectivity index (χ0v) is 12.9. The normalized spacial score (nSPS) is 18.1. The molecule has 1 atom stereocenters. The van der Waals surface area contributed by atoms with Crippen LogP contribution in [0.4, 0.5) is 0 Å². The Morgan fingerprint density at radius 1 is 1.45 bits per heavy atom. The van der Waals surface area contributed by atoms with E-state index in [4.69, 9.17) is 5.11 Å². The molecule has 1 aliphatic rings. The van der Waals surface area contributed by atoms with Crippen LogP contribution in [0.5, 0.6) is 0 Å². The first-order chi connectivity index (χ1) is 9.65. The molecule has 2 rings (SSSR count). The van der Waals surface area contributed by atoms with Crippen molar-refractivity contribution in [3.05, 3.63) is 21.9 Å². The molecule has 1 aromatic rings. The zero-order chi connectivity index (χ0) is 14.4. The van der Waals surface area contributed by atoms with Gasteiger partial charge in [-0.3, -0.25) is 0 Å². The number of carbonyl (C=O) groups is 1. The largest absolute Gasteiger partial charge is 0.478 e. The maximum absolute atomic E-state index is 10.8. The van der Waals surface area contributed by atoms with Crippen molar-refractivity contribution in [2.75, 3.05) is 26.2 Å². The van der Waals surface area contributed by atoms with Crippen LogP contribution in [-0.4, -0.2) is 42.2 Å². The predicted octanol–water partition coefficient (Wildman–Crippen LogP) is 2.66. The molecule has 20 heavy (non-hydrogen) atoms. The van der Waals surface area contributed by atoms with Gasteiger partial charge >= 0.3 is 5.97 Å². The minimum absolute atomic E-state index is 0.396. The fraction of sp³-hybridized carbons (Fsp3) is 0.667. The first-order valence-corrected chi connectivity index (χ1v) is 8.27. The monoisotopic (exact) mass is 296 g/mol. The highest BCUT2D eigenvalue weighted by molar-refractivity contribution is 7.10. The second-order valence-electron chi connectivity index (χ2n) is 5.70. The van der Waals surface area contributed by atoms with Gasteiger partial charge in [0.1, 0.15) is 0 Å². The van der Waals surface area contributed by atoms with Crippen molar-refractivity contribution in [2.24, 2.45) is 5.92 Å². The van der Waals surface area contributed by atoms with Gasteiger partial charge in [0.2, 0.25) is 0 Å². The van der Waals surface area contributed by atoms with Gasteiger partial charge < -0.3 is 15.3 Å².